The average Bonchev–Trinajstić information content (AvgIpc) is 2.79. The Bertz CT molecular complexity index is 911. The van der Waals surface area contributed by atoms with Crippen molar-refractivity contribution >= 4 is 28.2 Å². The molecule has 176 valence electrons. The normalized spacial score (nSPS) is 11.7. The van der Waals surface area contributed by atoms with Crippen LogP contribution < -0.4 is 9.08 Å². The molecule has 0 radical (unpaired) electrons. The van der Waals surface area contributed by atoms with Crippen LogP contribution in [0.3, 0.4) is 0 Å². The lowest BCUT2D eigenvalue weighted by Gasteiger charge is -2.21. The Kier molecular flexibility index (Phi) is 11.2. The van der Waals surface area contributed by atoms with Gasteiger partial charge in [0.15, 0.2) is 0 Å². The molecule has 32 heavy (non-hydrogen) atoms. The van der Waals surface area contributed by atoms with Crippen molar-refractivity contribution in [1.82, 2.24) is 0 Å². The van der Waals surface area contributed by atoms with Crippen LogP contribution in [0.15, 0.2) is 48.5 Å². The first-order chi connectivity index (χ1) is 15.5. The minimum atomic E-state index is -4.10. The summed E-state index contributed by atoms with van der Waals surface area (Å²) in [6.45, 7) is 3.80. The Hall–Kier alpha value is -2.39. The monoisotopic (exact) mass is 463 g/mol. The van der Waals surface area contributed by atoms with Crippen LogP contribution in [-0.2, 0) is 14.6 Å². The second-order valence-corrected chi connectivity index (χ2v) is 8.47. The molecule has 2 aromatic carbocycles. The number of rotatable bonds is 15. The van der Waals surface area contributed by atoms with Crippen LogP contribution in [0.25, 0.3) is 12.2 Å². The van der Waals surface area contributed by atoms with Crippen molar-refractivity contribution in [3.05, 3.63) is 59.7 Å². The fraction of sp³-hybridized carbons (Fsp3) is 0.417. The van der Waals surface area contributed by atoms with E-state index in [1.165, 1.54) is 0 Å². The van der Waals surface area contributed by atoms with E-state index in [0.29, 0.717) is 19.4 Å². The quantitative estimate of drug-likeness (QED) is 0.306. The highest BCUT2D eigenvalue weighted by atomic mass is 32.3. The van der Waals surface area contributed by atoms with E-state index < -0.39 is 10.4 Å². The van der Waals surface area contributed by atoms with Crippen LogP contribution in [-0.4, -0.2) is 51.5 Å². The highest BCUT2D eigenvalue weighted by Crippen LogP contribution is 2.19. The topological polar surface area (TPSA) is 96.3 Å². The Morgan fingerprint density at radius 1 is 0.844 bits per heavy atom. The summed E-state index contributed by atoms with van der Waals surface area (Å²) in [6, 6.07) is 14.8. The van der Waals surface area contributed by atoms with Gasteiger partial charge in [0, 0.05) is 25.4 Å². The number of benzene rings is 2. The molecule has 0 aliphatic carbocycles. The lowest BCUT2D eigenvalue weighted by atomic mass is 10.1. The molecule has 0 amide bonds. The molecule has 0 aliphatic heterocycles. The van der Waals surface area contributed by atoms with E-state index in [9.17, 15) is 8.42 Å². The fourth-order valence-corrected chi connectivity index (χ4v) is 3.80. The Balaban J connectivity index is 1.86. The van der Waals surface area contributed by atoms with Gasteiger partial charge in [-0.25, -0.2) is 4.18 Å². The highest BCUT2D eigenvalue weighted by Gasteiger charge is 2.13. The van der Waals surface area contributed by atoms with Gasteiger partial charge in [0.05, 0.1) is 13.2 Å². The minimum absolute atomic E-state index is 0.0589. The van der Waals surface area contributed by atoms with Crippen LogP contribution in [0.1, 0.15) is 43.7 Å². The summed E-state index contributed by atoms with van der Waals surface area (Å²) in [5.74, 6) is 0.190. The van der Waals surface area contributed by atoms with Crippen LogP contribution in [0.5, 0.6) is 5.75 Å². The molecule has 0 saturated heterocycles. The van der Waals surface area contributed by atoms with Crippen molar-refractivity contribution in [3.63, 3.8) is 0 Å². The third kappa shape index (κ3) is 9.40. The summed E-state index contributed by atoms with van der Waals surface area (Å²) in [7, 11) is -4.10. The predicted octanol–water partition coefficient (Wildman–Crippen LogP) is 3.87. The van der Waals surface area contributed by atoms with Gasteiger partial charge in [-0.2, -0.15) is 8.42 Å². The molecule has 7 nitrogen and oxygen atoms in total. The number of likely N-dealkylation sites (N-methyl/N-ethyl adjacent to an activating group) is 1. The zero-order valence-corrected chi connectivity index (χ0v) is 19.3. The van der Waals surface area contributed by atoms with E-state index in [2.05, 4.69) is 11.8 Å². The summed E-state index contributed by atoms with van der Waals surface area (Å²) in [4.78, 5) is 2.10. The third-order valence-electron chi connectivity index (χ3n) is 4.84. The number of aliphatic hydroxyl groups excluding tert-OH is 2. The second-order valence-electron chi connectivity index (χ2n) is 7.25. The Labute approximate surface area is 191 Å². The molecule has 0 heterocycles. The molecule has 0 aromatic heterocycles. The van der Waals surface area contributed by atoms with Gasteiger partial charge in [-0.1, -0.05) is 49.3 Å². The smallest absolute Gasteiger partial charge is 0.396 e. The molecule has 0 bridgehead atoms. The number of hydrogen-bond donors (Lipinski definition) is 2. The van der Waals surface area contributed by atoms with E-state index >= 15 is 0 Å². The van der Waals surface area contributed by atoms with Crippen molar-refractivity contribution in [2.75, 3.05) is 37.8 Å². The molecule has 8 heteroatoms. The summed E-state index contributed by atoms with van der Waals surface area (Å²) in [5, 5.41) is 17.9. The van der Waals surface area contributed by atoms with Gasteiger partial charge in [0.2, 0.25) is 0 Å². The van der Waals surface area contributed by atoms with Crippen molar-refractivity contribution < 1.29 is 27.0 Å². The van der Waals surface area contributed by atoms with E-state index in [-0.39, 0.29) is 25.6 Å². The lowest BCUT2D eigenvalue weighted by Crippen LogP contribution is -2.25. The van der Waals surface area contributed by atoms with Crippen molar-refractivity contribution in [2.45, 2.75) is 32.6 Å². The molecule has 0 unspecified atom stereocenters. The maximum Gasteiger partial charge on any atom is 0.449 e. The largest absolute Gasteiger partial charge is 0.449 e. The van der Waals surface area contributed by atoms with Crippen LogP contribution in [0, 0.1) is 0 Å². The number of hydrogen-bond acceptors (Lipinski definition) is 7. The Morgan fingerprint density at radius 3 is 2.00 bits per heavy atom. The predicted molar refractivity (Wildman–Crippen MR) is 128 cm³/mol. The first kappa shape index (κ1) is 25.9. The second kappa shape index (κ2) is 13.9. The lowest BCUT2D eigenvalue weighted by molar-refractivity contribution is 0.257. The van der Waals surface area contributed by atoms with Crippen molar-refractivity contribution in [1.29, 1.82) is 0 Å². The molecular weight excluding hydrogens is 430 g/mol. The zero-order valence-electron chi connectivity index (χ0n) is 18.5. The van der Waals surface area contributed by atoms with Gasteiger partial charge in [0.1, 0.15) is 5.75 Å². The molecular formula is C24H33NO6S. The van der Waals surface area contributed by atoms with Gasteiger partial charge >= 0.3 is 10.4 Å². The molecule has 2 rings (SSSR count). The van der Waals surface area contributed by atoms with E-state index in [4.69, 9.17) is 18.6 Å². The molecule has 0 saturated carbocycles. The van der Waals surface area contributed by atoms with Crippen LogP contribution in [0.2, 0.25) is 0 Å². The fourth-order valence-electron chi connectivity index (χ4n) is 3.08. The number of anilines is 1. The van der Waals surface area contributed by atoms with Crippen molar-refractivity contribution in [2.24, 2.45) is 0 Å². The summed E-state index contributed by atoms with van der Waals surface area (Å²) >= 11 is 0. The third-order valence-corrected chi connectivity index (χ3v) is 5.69. The van der Waals surface area contributed by atoms with Gasteiger partial charge in [-0.3, -0.25) is 0 Å². The van der Waals surface area contributed by atoms with E-state index in [0.717, 1.165) is 36.2 Å². The molecule has 0 aliphatic rings. The molecule has 2 N–H and O–H groups in total. The highest BCUT2D eigenvalue weighted by molar-refractivity contribution is 7.82. The molecule has 2 aromatic rings. The standard InChI is InChI=1S/C24H33NO6S/c1-2-25(17-19-27)23-13-9-21(10-14-23)7-8-22-11-15-24(16-12-22)31-32(28,29)30-20-6-4-3-5-18-26/h7-16,26-27H,2-6,17-20H2,1H3/b8-7+. The van der Waals surface area contributed by atoms with Crippen LogP contribution >= 0.6 is 0 Å². The molecule has 0 atom stereocenters. The van der Waals surface area contributed by atoms with E-state index in [1.54, 1.807) is 24.3 Å². The number of nitrogens with zero attached hydrogens (tertiary/aromatic N) is 1. The SMILES string of the molecule is CCN(CCO)c1ccc(/C=C/c2ccc(OS(=O)(=O)OCCCCCCO)cc2)cc1. The van der Waals surface area contributed by atoms with Crippen LogP contribution in [0.4, 0.5) is 5.69 Å². The zero-order chi connectivity index (χ0) is 23.2. The molecule has 0 fully saturated rings. The van der Waals surface area contributed by atoms with Gasteiger partial charge < -0.3 is 19.3 Å². The summed E-state index contributed by atoms with van der Waals surface area (Å²) < 4.78 is 33.6. The number of unbranched alkanes of at least 4 members (excludes halogenated alkanes) is 3. The maximum absolute atomic E-state index is 11.9. The Morgan fingerprint density at radius 2 is 1.44 bits per heavy atom. The van der Waals surface area contributed by atoms with Gasteiger partial charge in [0.25, 0.3) is 0 Å². The van der Waals surface area contributed by atoms with Gasteiger partial charge in [-0.05, 0) is 55.2 Å². The van der Waals surface area contributed by atoms with Gasteiger partial charge in [-0.15, -0.1) is 0 Å². The average molecular weight is 464 g/mol. The van der Waals surface area contributed by atoms with E-state index in [1.807, 2.05) is 36.4 Å². The summed E-state index contributed by atoms with van der Waals surface area (Å²) in [5.41, 5.74) is 3.00. The molecule has 0 spiro atoms. The number of aliphatic hydroxyl groups is 2. The minimum Gasteiger partial charge on any atom is -0.396 e. The first-order valence-electron chi connectivity index (χ1n) is 10.9. The van der Waals surface area contributed by atoms with Crippen molar-refractivity contribution in [3.8, 4) is 5.75 Å². The first-order valence-corrected chi connectivity index (χ1v) is 12.2. The summed E-state index contributed by atoms with van der Waals surface area (Å²) in [6.07, 6.45) is 6.82. The maximum atomic E-state index is 11.9.